The summed E-state index contributed by atoms with van der Waals surface area (Å²) in [4.78, 5) is 6.11. The summed E-state index contributed by atoms with van der Waals surface area (Å²) in [7, 11) is 0. The van der Waals surface area contributed by atoms with Gasteiger partial charge in [0, 0.05) is 17.3 Å². The van der Waals surface area contributed by atoms with E-state index in [1.54, 1.807) is 0 Å². The summed E-state index contributed by atoms with van der Waals surface area (Å²) in [5, 5.41) is 0. The van der Waals surface area contributed by atoms with Crippen molar-refractivity contribution in [1.82, 2.24) is 4.90 Å². The summed E-state index contributed by atoms with van der Waals surface area (Å²) in [6.07, 6.45) is 26.4. The average Bonchev–Trinajstić information content (AvgIpc) is 3.58. The molecule has 3 aliphatic carbocycles. The minimum absolute atomic E-state index is 0.315. The number of hydrogen-bond acceptors (Lipinski definition) is 2. The van der Waals surface area contributed by atoms with Gasteiger partial charge in [-0.05, 0) is 81.8 Å². The molecule has 3 unspecified atom stereocenters. The quantitative estimate of drug-likeness (QED) is 0.434. The molecule has 5 aliphatic rings. The monoisotopic (exact) mass is 446 g/mol. The summed E-state index contributed by atoms with van der Waals surface area (Å²) in [6.45, 7) is 4.88. The Bertz CT molecular complexity index is 842. The molecule has 2 heteroatoms. The van der Waals surface area contributed by atoms with Crippen LogP contribution in [-0.4, -0.2) is 28.7 Å². The van der Waals surface area contributed by atoms with E-state index >= 15 is 0 Å². The molecule has 0 spiro atoms. The van der Waals surface area contributed by atoms with Crippen LogP contribution in [0.3, 0.4) is 0 Å². The Kier molecular flexibility index (Phi) is 6.10. The molecule has 1 aromatic rings. The second-order valence-electron chi connectivity index (χ2n) is 12.2. The molecule has 1 saturated heterocycles. The normalized spacial score (nSPS) is 36.7. The van der Waals surface area contributed by atoms with Gasteiger partial charge in [-0.15, -0.1) is 0 Å². The molecule has 1 aromatic carbocycles. The van der Waals surface area contributed by atoms with E-state index < -0.39 is 0 Å². The van der Waals surface area contributed by atoms with Gasteiger partial charge in [0.2, 0.25) is 0 Å². The van der Waals surface area contributed by atoms with Crippen molar-refractivity contribution < 1.29 is 0 Å². The van der Waals surface area contributed by atoms with Gasteiger partial charge in [-0.1, -0.05) is 81.7 Å². The molecule has 4 fully saturated rings. The molecule has 0 radical (unpaired) electrons. The number of aryl methyl sites for hydroxylation is 1. The lowest BCUT2D eigenvalue weighted by Crippen LogP contribution is -2.61. The van der Waals surface area contributed by atoms with Crippen molar-refractivity contribution in [3.05, 3.63) is 42.0 Å². The lowest BCUT2D eigenvalue weighted by Gasteiger charge is -2.54. The summed E-state index contributed by atoms with van der Waals surface area (Å²) >= 11 is 0. The maximum atomic E-state index is 3.19. The van der Waals surface area contributed by atoms with Crippen molar-refractivity contribution in [2.45, 2.75) is 128 Å². The molecular formula is C31H46N2. The van der Waals surface area contributed by atoms with Crippen molar-refractivity contribution >= 4 is 5.69 Å². The van der Waals surface area contributed by atoms with E-state index in [2.05, 4.69) is 60.1 Å². The standard InChI is InChI=1S/C31H46N2/c1-23-13-9-12-20-28(23)32-24(2)29-21-22-31(27-18-10-11-19-27,26-16-7-4-8-17-26)33(29)30(32)25-14-5-3-6-15-25/h9,12-13,20-22,24-27,29-30H,3-8,10-11,14-19H2,1-2H3/t24-,29?,30?,31?/m0/s1. The Hall–Kier alpha value is -1.28. The molecule has 0 bridgehead atoms. The molecular weight excluding hydrogens is 400 g/mol. The van der Waals surface area contributed by atoms with Crippen molar-refractivity contribution in [2.24, 2.45) is 17.8 Å². The van der Waals surface area contributed by atoms with Crippen LogP contribution in [-0.2, 0) is 0 Å². The molecule has 3 saturated carbocycles. The Labute approximate surface area is 202 Å². The van der Waals surface area contributed by atoms with Gasteiger partial charge in [-0.3, -0.25) is 4.90 Å². The fraction of sp³-hybridized carbons (Fsp3) is 0.742. The summed E-state index contributed by atoms with van der Waals surface area (Å²) < 4.78 is 0. The zero-order valence-electron chi connectivity index (χ0n) is 21.2. The number of fused-ring (bicyclic) bond motifs is 1. The molecule has 180 valence electrons. The van der Waals surface area contributed by atoms with E-state index in [4.69, 9.17) is 0 Å². The highest BCUT2D eigenvalue weighted by atomic mass is 15.5. The van der Waals surface area contributed by atoms with E-state index in [1.165, 1.54) is 101 Å². The van der Waals surface area contributed by atoms with E-state index in [1.807, 2.05) is 0 Å². The van der Waals surface area contributed by atoms with Crippen molar-refractivity contribution in [3.8, 4) is 0 Å². The van der Waals surface area contributed by atoms with Gasteiger partial charge < -0.3 is 4.90 Å². The maximum absolute atomic E-state index is 3.19. The third-order valence-electron chi connectivity index (χ3n) is 10.6. The van der Waals surface area contributed by atoms with E-state index in [-0.39, 0.29) is 0 Å². The van der Waals surface area contributed by atoms with Crippen LogP contribution in [0.1, 0.15) is 102 Å². The van der Waals surface area contributed by atoms with E-state index in [0.717, 1.165) is 17.8 Å². The predicted octanol–water partition coefficient (Wildman–Crippen LogP) is 7.86. The third kappa shape index (κ3) is 3.53. The van der Waals surface area contributed by atoms with Crippen LogP contribution in [0.15, 0.2) is 36.4 Å². The average molecular weight is 447 g/mol. The van der Waals surface area contributed by atoms with Crippen LogP contribution in [0.5, 0.6) is 0 Å². The summed E-state index contributed by atoms with van der Waals surface area (Å²) in [6, 6.07) is 10.4. The molecule has 2 aliphatic heterocycles. The number of nitrogens with zero attached hydrogens (tertiary/aromatic N) is 2. The van der Waals surface area contributed by atoms with Gasteiger partial charge in [0.25, 0.3) is 0 Å². The zero-order valence-corrected chi connectivity index (χ0v) is 21.2. The Morgan fingerprint density at radius 2 is 1.33 bits per heavy atom. The highest BCUT2D eigenvalue weighted by molar-refractivity contribution is 5.57. The SMILES string of the molecule is Cc1ccccc1N1C(C2CCCCC2)N2C(C=CC2(C2CCCCC2)C2CCCC2)[C@@H]1C. The van der Waals surface area contributed by atoms with Crippen LogP contribution in [0.2, 0.25) is 0 Å². The molecule has 33 heavy (non-hydrogen) atoms. The van der Waals surface area contributed by atoms with Gasteiger partial charge in [-0.25, -0.2) is 0 Å². The number of benzene rings is 1. The largest absolute Gasteiger partial charge is 0.351 e. The number of hydrogen-bond donors (Lipinski definition) is 0. The minimum Gasteiger partial charge on any atom is -0.351 e. The Morgan fingerprint density at radius 1 is 0.758 bits per heavy atom. The first kappa shape index (κ1) is 22.2. The van der Waals surface area contributed by atoms with Gasteiger partial charge in [0.05, 0.1) is 12.2 Å². The maximum Gasteiger partial charge on any atom is 0.0865 e. The Balaban J connectivity index is 1.47. The van der Waals surface area contributed by atoms with Gasteiger partial charge in [0.15, 0.2) is 0 Å². The molecule has 0 amide bonds. The molecule has 0 aromatic heterocycles. The van der Waals surface area contributed by atoms with Crippen LogP contribution in [0.4, 0.5) is 5.69 Å². The van der Waals surface area contributed by atoms with Gasteiger partial charge in [-0.2, -0.15) is 0 Å². The molecule has 0 N–H and O–H groups in total. The van der Waals surface area contributed by atoms with Crippen LogP contribution < -0.4 is 4.90 Å². The first-order chi connectivity index (χ1) is 16.2. The highest BCUT2D eigenvalue weighted by Crippen LogP contribution is 2.57. The minimum atomic E-state index is 0.315. The fourth-order valence-corrected chi connectivity index (χ4v) is 9.11. The molecule has 6 rings (SSSR count). The van der Waals surface area contributed by atoms with E-state index in [9.17, 15) is 0 Å². The number of para-hydroxylation sites is 1. The second kappa shape index (κ2) is 9.06. The number of rotatable bonds is 4. The Morgan fingerprint density at radius 3 is 1.97 bits per heavy atom. The summed E-state index contributed by atoms with van der Waals surface area (Å²) in [5.41, 5.74) is 3.28. The molecule has 2 heterocycles. The van der Waals surface area contributed by atoms with Crippen molar-refractivity contribution in [1.29, 1.82) is 0 Å². The van der Waals surface area contributed by atoms with Crippen LogP contribution in [0, 0.1) is 24.7 Å². The smallest absolute Gasteiger partial charge is 0.0865 e. The van der Waals surface area contributed by atoms with Gasteiger partial charge in [0.1, 0.15) is 0 Å². The topological polar surface area (TPSA) is 6.48 Å². The number of anilines is 1. The van der Waals surface area contributed by atoms with E-state index in [0.29, 0.717) is 23.8 Å². The van der Waals surface area contributed by atoms with Gasteiger partial charge >= 0.3 is 0 Å². The lowest BCUT2D eigenvalue weighted by atomic mass is 9.66. The third-order valence-corrected chi connectivity index (χ3v) is 10.6. The lowest BCUT2D eigenvalue weighted by molar-refractivity contribution is -0.0247. The second-order valence-corrected chi connectivity index (χ2v) is 12.2. The zero-order chi connectivity index (χ0) is 22.4. The molecule has 4 atom stereocenters. The summed E-state index contributed by atoms with van der Waals surface area (Å²) in [5.74, 6) is 2.55. The van der Waals surface area contributed by atoms with Crippen LogP contribution >= 0.6 is 0 Å². The van der Waals surface area contributed by atoms with Crippen LogP contribution in [0.25, 0.3) is 0 Å². The predicted molar refractivity (Wildman–Crippen MR) is 140 cm³/mol. The van der Waals surface area contributed by atoms with Crippen molar-refractivity contribution in [2.75, 3.05) is 4.90 Å². The fourth-order valence-electron chi connectivity index (χ4n) is 9.11. The highest BCUT2D eigenvalue weighted by Gasteiger charge is 2.61. The first-order valence-corrected chi connectivity index (χ1v) is 14.5. The first-order valence-electron chi connectivity index (χ1n) is 14.5. The van der Waals surface area contributed by atoms with Crippen molar-refractivity contribution in [3.63, 3.8) is 0 Å². The molecule has 2 nitrogen and oxygen atoms in total.